The van der Waals surface area contributed by atoms with Crippen molar-refractivity contribution in [3.05, 3.63) is 58.6 Å². The van der Waals surface area contributed by atoms with E-state index in [4.69, 9.17) is 10.0 Å². The number of non-ortho nitro benzene ring substituents is 1. The normalized spacial score (nSPS) is 10.1. The van der Waals surface area contributed by atoms with Crippen LogP contribution in [0.1, 0.15) is 0 Å². The minimum absolute atomic E-state index is 0.00227. The quantitative estimate of drug-likeness (QED) is 0.477. The van der Waals surface area contributed by atoms with Gasteiger partial charge in [0.1, 0.15) is 0 Å². The second-order valence-electron chi connectivity index (χ2n) is 3.81. The number of benzene rings is 2. The Morgan fingerprint density at radius 3 is 2.22 bits per heavy atom. The van der Waals surface area contributed by atoms with Gasteiger partial charge in [0.05, 0.1) is 4.92 Å². The molecule has 0 heterocycles. The Balaban J connectivity index is 2.45. The zero-order valence-corrected chi connectivity index (χ0v) is 9.35. The maximum atomic E-state index is 10.7. The summed E-state index contributed by atoms with van der Waals surface area (Å²) < 4.78 is 0. The minimum Gasteiger partial charge on any atom is -0.423 e. The summed E-state index contributed by atoms with van der Waals surface area (Å²) >= 11 is 0. The molecule has 0 bridgehead atoms. The molecule has 18 heavy (non-hydrogen) atoms. The van der Waals surface area contributed by atoms with Crippen LogP contribution in [0.3, 0.4) is 0 Å². The van der Waals surface area contributed by atoms with Crippen LogP contribution in [0.2, 0.25) is 0 Å². The first-order valence-electron chi connectivity index (χ1n) is 5.29. The summed E-state index contributed by atoms with van der Waals surface area (Å²) in [6.07, 6.45) is 0. The third-order valence-electron chi connectivity index (χ3n) is 2.58. The van der Waals surface area contributed by atoms with Gasteiger partial charge < -0.3 is 10.0 Å². The molecule has 2 aromatic rings. The summed E-state index contributed by atoms with van der Waals surface area (Å²) in [6, 6.07) is 12.8. The Kier molecular flexibility index (Phi) is 3.41. The predicted octanol–water partition coefficient (Wildman–Crippen LogP) is 0.942. The van der Waals surface area contributed by atoms with Crippen LogP contribution in [0.5, 0.6) is 0 Å². The summed E-state index contributed by atoms with van der Waals surface area (Å²) in [7, 11) is -1.55. The van der Waals surface area contributed by atoms with Crippen molar-refractivity contribution in [2.45, 2.75) is 0 Å². The zero-order chi connectivity index (χ0) is 13.1. The van der Waals surface area contributed by atoms with Crippen molar-refractivity contribution in [3.8, 4) is 11.1 Å². The predicted molar refractivity (Wildman–Crippen MR) is 68.4 cm³/mol. The van der Waals surface area contributed by atoms with Gasteiger partial charge in [-0.25, -0.2) is 0 Å². The van der Waals surface area contributed by atoms with Crippen molar-refractivity contribution in [3.63, 3.8) is 0 Å². The van der Waals surface area contributed by atoms with Crippen molar-refractivity contribution >= 4 is 18.3 Å². The molecule has 0 atom stereocenters. The minimum atomic E-state index is -1.55. The van der Waals surface area contributed by atoms with Gasteiger partial charge in [0, 0.05) is 12.1 Å². The number of nitrogens with zero attached hydrogens (tertiary/aromatic N) is 1. The van der Waals surface area contributed by atoms with E-state index < -0.39 is 12.0 Å². The molecule has 6 heteroatoms. The average Bonchev–Trinajstić information content (AvgIpc) is 2.39. The molecule has 2 N–H and O–H groups in total. The van der Waals surface area contributed by atoms with E-state index in [-0.39, 0.29) is 5.69 Å². The molecular formula is C12H10BNO4. The van der Waals surface area contributed by atoms with Gasteiger partial charge >= 0.3 is 7.12 Å². The lowest BCUT2D eigenvalue weighted by Crippen LogP contribution is -2.29. The smallest absolute Gasteiger partial charge is 0.423 e. The number of hydrogen-bond acceptors (Lipinski definition) is 4. The topological polar surface area (TPSA) is 83.6 Å². The maximum Gasteiger partial charge on any atom is 0.488 e. The molecule has 0 aromatic heterocycles. The van der Waals surface area contributed by atoms with Crippen LogP contribution in [0.4, 0.5) is 5.69 Å². The lowest BCUT2D eigenvalue weighted by atomic mass is 9.79. The van der Waals surface area contributed by atoms with Crippen molar-refractivity contribution in [1.29, 1.82) is 0 Å². The molecule has 0 unspecified atom stereocenters. The highest BCUT2D eigenvalue weighted by Crippen LogP contribution is 2.22. The van der Waals surface area contributed by atoms with Gasteiger partial charge in [0.2, 0.25) is 0 Å². The van der Waals surface area contributed by atoms with E-state index in [0.717, 1.165) is 0 Å². The van der Waals surface area contributed by atoms with Crippen LogP contribution in [-0.2, 0) is 0 Å². The maximum absolute atomic E-state index is 10.7. The van der Waals surface area contributed by atoms with E-state index in [0.29, 0.717) is 16.6 Å². The van der Waals surface area contributed by atoms with E-state index in [2.05, 4.69) is 0 Å². The first kappa shape index (κ1) is 12.3. The van der Waals surface area contributed by atoms with Crippen molar-refractivity contribution in [1.82, 2.24) is 0 Å². The van der Waals surface area contributed by atoms with Crippen molar-refractivity contribution in [2.24, 2.45) is 0 Å². The van der Waals surface area contributed by atoms with Gasteiger partial charge in [0.25, 0.3) is 5.69 Å². The molecule has 90 valence electrons. The van der Waals surface area contributed by atoms with Crippen LogP contribution in [-0.4, -0.2) is 22.1 Å². The Labute approximate surface area is 104 Å². The molecule has 0 radical (unpaired) electrons. The highest BCUT2D eigenvalue weighted by atomic mass is 16.6. The Morgan fingerprint density at radius 1 is 1.00 bits per heavy atom. The Hall–Kier alpha value is -2.18. The molecule has 5 nitrogen and oxygen atoms in total. The molecule has 0 spiro atoms. The fourth-order valence-corrected chi connectivity index (χ4v) is 1.68. The summed E-state index contributed by atoms with van der Waals surface area (Å²) in [5.74, 6) is 0. The largest absolute Gasteiger partial charge is 0.488 e. The first-order chi connectivity index (χ1) is 8.58. The molecule has 0 saturated carbocycles. The summed E-state index contributed by atoms with van der Waals surface area (Å²) in [5, 5.41) is 28.9. The summed E-state index contributed by atoms with van der Waals surface area (Å²) in [6.45, 7) is 0. The van der Waals surface area contributed by atoms with Gasteiger partial charge in [-0.05, 0) is 16.6 Å². The Bertz CT molecular complexity index is 586. The molecule has 0 aliphatic heterocycles. The molecular weight excluding hydrogens is 233 g/mol. The van der Waals surface area contributed by atoms with Crippen molar-refractivity contribution < 1.29 is 15.0 Å². The van der Waals surface area contributed by atoms with E-state index in [1.54, 1.807) is 36.4 Å². The highest BCUT2D eigenvalue weighted by molar-refractivity contribution is 6.58. The lowest BCUT2D eigenvalue weighted by molar-refractivity contribution is -0.384. The molecule has 0 amide bonds. The standard InChI is InChI=1S/C12H10BNO4/c15-13(16)11-5-1-3-9(7-11)10-4-2-6-12(8-10)14(17)18/h1-8,15-16H. The lowest BCUT2D eigenvalue weighted by Gasteiger charge is -2.04. The van der Waals surface area contributed by atoms with Crippen LogP contribution in [0.25, 0.3) is 11.1 Å². The first-order valence-corrected chi connectivity index (χ1v) is 5.29. The number of hydrogen-bond donors (Lipinski definition) is 2. The number of nitro benzene ring substituents is 1. The van der Waals surface area contributed by atoms with Gasteiger partial charge in [-0.2, -0.15) is 0 Å². The van der Waals surface area contributed by atoms with Crippen molar-refractivity contribution in [2.75, 3.05) is 0 Å². The van der Waals surface area contributed by atoms with Gasteiger partial charge in [0.15, 0.2) is 0 Å². The molecule has 2 rings (SSSR count). The zero-order valence-electron chi connectivity index (χ0n) is 9.35. The molecule has 2 aromatic carbocycles. The second-order valence-corrected chi connectivity index (χ2v) is 3.81. The fraction of sp³-hybridized carbons (Fsp3) is 0. The van der Waals surface area contributed by atoms with E-state index in [9.17, 15) is 10.1 Å². The molecule has 0 saturated heterocycles. The molecule has 0 aliphatic carbocycles. The van der Waals surface area contributed by atoms with E-state index in [1.807, 2.05) is 0 Å². The van der Waals surface area contributed by atoms with Gasteiger partial charge in [-0.3, -0.25) is 10.1 Å². The highest BCUT2D eigenvalue weighted by Gasteiger charge is 2.12. The molecule has 0 aliphatic rings. The number of rotatable bonds is 3. The van der Waals surface area contributed by atoms with Crippen LogP contribution < -0.4 is 5.46 Å². The van der Waals surface area contributed by atoms with Gasteiger partial charge in [-0.15, -0.1) is 0 Å². The summed E-state index contributed by atoms with van der Waals surface area (Å²) in [4.78, 5) is 10.2. The fourth-order valence-electron chi connectivity index (χ4n) is 1.68. The Morgan fingerprint density at radius 2 is 1.61 bits per heavy atom. The second kappa shape index (κ2) is 4.99. The SMILES string of the molecule is O=[N+]([O-])c1cccc(-c2cccc(B(O)O)c2)c1. The monoisotopic (exact) mass is 243 g/mol. The van der Waals surface area contributed by atoms with Crippen LogP contribution in [0, 0.1) is 10.1 Å². The third-order valence-corrected chi connectivity index (χ3v) is 2.58. The van der Waals surface area contributed by atoms with Crippen LogP contribution >= 0.6 is 0 Å². The van der Waals surface area contributed by atoms with E-state index in [1.165, 1.54) is 12.1 Å². The van der Waals surface area contributed by atoms with E-state index >= 15 is 0 Å². The third kappa shape index (κ3) is 2.56. The average molecular weight is 243 g/mol. The van der Waals surface area contributed by atoms with Crippen LogP contribution in [0.15, 0.2) is 48.5 Å². The van der Waals surface area contributed by atoms with Gasteiger partial charge in [-0.1, -0.05) is 36.4 Å². The molecule has 0 fully saturated rings. The number of nitro groups is 1. The summed E-state index contributed by atoms with van der Waals surface area (Å²) in [5.41, 5.74) is 1.71.